The number of nitrogens with zero attached hydrogens (tertiary/aromatic N) is 5. The van der Waals surface area contributed by atoms with Gasteiger partial charge in [-0.3, -0.25) is 9.48 Å². The van der Waals surface area contributed by atoms with Crippen molar-refractivity contribution in [2.24, 2.45) is 14.1 Å². The van der Waals surface area contributed by atoms with Gasteiger partial charge in [0.25, 0.3) is 5.91 Å². The number of anilines is 1. The van der Waals surface area contributed by atoms with Crippen LogP contribution >= 0.6 is 34.8 Å². The van der Waals surface area contributed by atoms with Crippen LogP contribution in [-0.2, 0) is 27.1 Å². The summed E-state index contributed by atoms with van der Waals surface area (Å²) in [6.45, 7) is 9.29. The predicted molar refractivity (Wildman–Crippen MR) is 205 cm³/mol. The molecule has 0 fully saturated rings. The number of rotatable bonds is 8. The van der Waals surface area contributed by atoms with Crippen LogP contribution < -0.4 is 9.64 Å². The van der Waals surface area contributed by atoms with E-state index >= 15 is 0 Å². The van der Waals surface area contributed by atoms with Crippen LogP contribution in [-0.4, -0.2) is 49.0 Å². The summed E-state index contributed by atoms with van der Waals surface area (Å²) in [5.74, 6) is -0.569. The van der Waals surface area contributed by atoms with E-state index in [2.05, 4.69) is 4.57 Å². The Morgan fingerprint density at radius 1 is 0.961 bits per heavy atom. The molecule has 0 radical (unpaired) electrons. The lowest BCUT2D eigenvalue weighted by atomic mass is 9.98. The van der Waals surface area contributed by atoms with Gasteiger partial charge in [-0.05, 0) is 94.0 Å². The lowest BCUT2D eigenvalue weighted by Crippen LogP contribution is -2.32. The normalized spacial score (nSPS) is 13.4. The molecule has 0 atom stereocenters. The summed E-state index contributed by atoms with van der Waals surface area (Å²) in [7, 11) is 3.73. The van der Waals surface area contributed by atoms with Crippen LogP contribution in [0.1, 0.15) is 61.8 Å². The SMILES string of the molecule is Cc1cc(OCCCc2c3n(c4c(-c5c(C)nn(C)c5C)c(Cl)ccc24)CCCN(c2cc(C(=O)O)c4c(Cl)cn(C)c4c2)C3=O)cc(C)c1Cl. The third-order valence-corrected chi connectivity index (χ3v) is 11.3. The van der Waals surface area contributed by atoms with Crippen molar-refractivity contribution >= 4 is 74.2 Å². The number of aromatic carboxylic acids is 1. The zero-order valence-corrected chi connectivity index (χ0v) is 31.6. The Bertz CT molecular complexity index is 2400. The van der Waals surface area contributed by atoms with E-state index in [0.717, 1.165) is 60.9 Å². The minimum Gasteiger partial charge on any atom is -0.494 e. The smallest absolute Gasteiger partial charge is 0.336 e. The van der Waals surface area contributed by atoms with E-state index in [9.17, 15) is 14.7 Å². The van der Waals surface area contributed by atoms with Gasteiger partial charge in [0.1, 0.15) is 11.4 Å². The average molecular weight is 747 g/mol. The maximum Gasteiger partial charge on any atom is 0.336 e. The zero-order chi connectivity index (χ0) is 36.5. The lowest BCUT2D eigenvalue weighted by Gasteiger charge is -2.22. The second-order valence-electron chi connectivity index (χ2n) is 13.4. The highest BCUT2D eigenvalue weighted by molar-refractivity contribution is 6.37. The first-order valence-electron chi connectivity index (χ1n) is 16.9. The highest BCUT2D eigenvalue weighted by Gasteiger charge is 2.33. The Hall–Kier alpha value is -4.44. The van der Waals surface area contributed by atoms with Gasteiger partial charge in [-0.25, -0.2) is 4.79 Å². The van der Waals surface area contributed by atoms with Crippen molar-refractivity contribution in [1.29, 1.82) is 0 Å². The van der Waals surface area contributed by atoms with E-state index in [1.807, 2.05) is 76.8 Å². The average Bonchev–Trinajstić information content (AvgIpc) is 3.59. The maximum atomic E-state index is 15.0. The molecule has 1 amide bonds. The molecule has 0 saturated heterocycles. The number of ether oxygens (including phenoxy) is 1. The second-order valence-corrected chi connectivity index (χ2v) is 14.6. The van der Waals surface area contributed by atoms with Gasteiger partial charge in [-0.2, -0.15) is 5.10 Å². The molecule has 1 aliphatic heterocycles. The molecule has 0 aliphatic carbocycles. The fourth-order valence-electron chi connectivity index (χ4n) is 7.65. The van der Waals surface area contributed by atoms with Crippen LogP contribution in [0.15, 0.2) is 42.6 Å². The molecule has 0 unspecified atom stereocenters. The van der Waals surface area contributed by atoms with E-state index in [-0.39, 0.29) is 11.5 Å². The molecule has 9 nitrogen and oxygen atoms in total. The summed E-state index contributed by atoms with van der Waals surface area (Å²) in [6.07, 6.45) is 3.51. The van der Waals surface area contributed by atoms with Crippen LogP contribution in [0.3, 0.4) is 0 Å². The molecule has 51 heavy (non-hydrogen) atoms. The largest absolute Gasteiger partial charge is 0.494 e. The number of aryl methyl sites for hydroxylation is 7. The predicted octanol–water partition coefficient (Wildman–Crippen LogP) is 9.49. The summed E-state index contributed by atoms with van der Waals surface area (Å²) in [5.41, 5.74) is 9.05. The first kappa shape index (κ1) is 35.0. The quantitative estimate of drug-likeness (QED) is 0.157. The molecule has 7 rings (SSSR count). The molecule has 1 aliphatic rings. The Morgan fingerprint density at radius 3 is 2.35 bits per heavy atom. The molecule has 3 aromatic carbocycles. The number of carbonyl (C=O) groups excluding carboxylic acids is 1. The monoisotopic (exact) mass is 745 g/mol. The van der Waals surface area contributed by atoms with Crippen molar-refractivity contribution in [3.63, 3.8) is 0 Å². The number of carboxylic acid groups (broad SMARTS) is 1. The minimum absolute atomic E-state index is 0.0485. The molecule has 3 aromatic heterocycles. The van der Waals surface area contributed by atoms with Crippen LogP contribution in [0, 0.1) is 27.7 Å². The van der Waals surface area contributed by atoms with Gasteiger partial charge in [0.15, 0.2) is 0 Å². The van der Waals surface area contributed by atoms with Crippen molar-refractivity contribution in [3.8, 4) is 16.9 Å². The molecular weight excluding hydrogens is 709 g/mol. The van der Waals surface area contributed by atoms with Crippen LogP contribution in [0.25, 0.3) is 32.9 Å². The highest BCUT2D eigenvalue weighted by Crippen LogP contribution is 2.43. The fourth-order valence-corrected chi connectivity index (χ4v) is 8.35. The number of fused-ring (bicyclic) bond motifs is 4. The summed E-state index contributed by atoms with van der Waals surface area (Å²) < 4.78 is 11.9. The van der Waals surface area contributed by atoms with Crippen molar-refractivity contribution in [2.45, 2.75) is 53.5 Å². The van der Waals surface area contributed by atoms with Gasteiger partial charge in [-0.15, -0.1) is 0 Å². The number of hydrogen-bond donors (Lipinski definition) is 1. The van der Waals surface area contributed by atoms with E-state index in [0.29, 0.717) is 71.3 Å². The number of carboxylic acids is 1. The standard InChI is InChI=1S/C39H38Cl3N5O4/c1-20-15-25(16-21(2)35(20)42)51-14-7-9-26-27-10-11-29(40)34(32-22(3)43-45(6)23(32)4)36(27)47-13-8-12-46(38(48)37(26)47)24-17-28(39(49)50)33-30(41)19-44(5)31(33)18-24/h10-11,15-19H,7-9,12-14H2,1-6H3,(H,49,50). The molecule has 1 N–H and O–H groups in total. The molecule has 0 spiro atoms. The third kappa shape index (κ3) is 5.85. The van der Waals surface area contributed by atoms with Gasteiger partial charge in [0.05, 0.1) is 38.9 Å². The number of carbonyl (C=O) groups is 2. The first-order chi connectivity index (χ1) is 24.3. The Balaban J connectivity index is 1.38. The van der Waals surface area contributed by atoms with Crippen LogP contribution in [0.5, 0.6) is 5.75 Å². The number of aromatic nitrogens is 4. The van der Waals surface area contributed by atoms with Crippen molar-refractivity contribution in [3.05, 3.63) is 97.0 Å². The first-order valence-corrected chi connectivity index (χ1v) is 18.0. The van der Waals surface area contributed by atoms with Crippen molar-refractivity contribution < 1.29 is 19.4 Å². The van der Waals surface area contributed by atoms with Gasteiger partial charge in [0.2, 0.25) is 0 Å². The summed E-state index contributed by atoms with van der Waals surface area (Å²) in [5, 5.41) is 17.9. The van der Waals surface area contributed by atoms with Crippen molar-refractivity contribution in [2.75, 3.05) is 18.1 Å². The lowest BCUT2D eigenvalue weighted by molar-refractivity contribution is 0.0698. The van der Waals surface area contributed by atoms with Crippen LogP contribution in [0.4, 0.5) is 5.69 Å². The van der Waals surface area contributed by atoms with E-state index in [1.54, 1.807) is 21.7 Å². The highest BCUT2D eigenvalue weighted by atomic mass is 35.5. The Labute approximate surface area is 310 Å². The number of amides is 1. The van der Waals surface area contributed by atoms with Crippen molar-refractivity contribution in [1.82, 2.24) is 18.9 Å². The summed E-state index contributed by atoms with van der Waals surface area (Å²) in [4.78, 5) is 29.2. The van der Waals surface area contributed by atoms with Crippen LogP contribution in [0.2, 0.25) is 15.1 Å². The molecule has 12 heteroatoms. The molecule has 0 saturated carbocycles. The Morgan fingerprint density at radius 2 is 1.69 bits per heavy atom. The molecule has 0 bridgehead atoms. The number of benzene rings is 3. The molecule has 6 aromatic rings. The molecule has 4 heterocycles. The minimum atomic E-state index is -1.11. The van der Waals surface area contributed by atoms with E-state index in [1.165, 1.54) is 0 Å². The van der Waals surface area contributed by atoms with E-state index < -0.39 is 5.97 Å². The Kier molecular flexibility index (Phi) is 9.10. The summed E-state index contributed by atoms with van der Waals surface area (Å²) >= 11 is 19.9. The van der Waals surface area contributed by atoms with E-state index in [4.69, 9.17) is 44.6 Å². The number of hydrogen-bond acceptors (Lipinski definition) is 4. The van der Waals surface area contributed by atoms with Gasteiger partial charge < -0.3 is 23.9 Å². The fraction of sp³-hybridized carbons (Fsp3) is 0.308. The maximum absolute atomic E-state index is 15.0. The van der Waals surface area contributed by atoms with Gasteiger partial charge in [-0.1, -0.05) is 40.9 Å². The molecular formula is C39H38Cl3N5O4. The number of halogens is 3. The summed E-state index contributed by atoms with van der Waals surface area (Å²) in [6, 6.07) is 11.2. The third-order valence-electron chi connectivity index (χ3n) is 10.1. The zero-order valence-electron chi connectivity index (χ0n) is 29.3. The molecule has 264 valence electrons. The second kappa shape index (κ2) is 13.3. The topological polar surface area (TPSA) is 94.5 Å². The van der Waals surface area contributed by atoms with Gasteiger partial charge in [0, 0.05) is 71.7 Å². The van der Waals surface area contributed by atoms with Gasteiger partial charge >= 0.3 is 5.97 Å².